The van der Waals surface area contributed by atoms with Crippen molar-refractivity contribution in [2.75, 3.05) is 11.9 Å². The number of aromatic amines is 1. The third-order valence-electron chi connectivity index (χ3n) is 5.62. The monoisotopic (exact) mass is 430 g/mol. The number of fused-ring (bicyclic) bond motifs is 2. The maximum atomic E-state index is 6.23. The third kappa shape index (κ3) is 3.82. The van der Waals surface area contributed by atoms with Crippen LogP contribution in [0.2, 0.25) is 5.02 Å². The highest BCUT2D eigenvalue weighted by molar-refractivity contribution is 6.30. The highest BCUT2D eigenvalue weighted by atomic mass is 35.5. The van der Waals surface area contributed by atoms with E-state index in [1.165, 1.54) is 5.56 Å². The topological polar surface area (TPSA) is 91.7 Å². The van der Waals surface area contributed by atoms with E-state index in [9.17, 15) is 0 Å². The molecule has 0 bridgehead atoms. The molecule has 5 rings (SSSR count). The minimum atomic E-state index is 0.115. The third-order valence-corrected chi connectivity index (χ3v) is 5.87. The van der Waals surface area contributed by atoms with E-state index < -0.39 is 0 Å². The number of rotatable bonds is 3. The lowest BCUT2D eigenvalue weighted by molar-refractivity contribution is 0.683. The largest absolute Gasteiger partial charge is 0.401 e. The number of H-pyrrole nitrogens is 1. The van der Waals surface area contributed by atoms with Gasteiger partial charge in [0.25, 0.3) is 0 Å². The number of nitrogens with one attached hydrogen (secondary N) is 3. The van der Waals surface area contributed by atoms with Gasteiger partial charge in [-0.05, 0) is 60.9 Å². The molecule has 156 valence electrons. The minimum Gasteiger partial charge on any atom is -0.401 e. The summed E-state index contributed by atoms with van der Waals surface area (Å²) < 4.78 is 0. The van der Waals surface area contributed by atoms with E-state index in [1.807, 2.05) is 37.4 Å². The Kier molecular flexibility index (Phi) is 5.00. The van der Waals surface area contributed by atoms with Gasteiger partial charge in [-0.3, -0.25) is 0 Å². The van der Waals surface area contributed by atoms with Crippen molar-refractivity contribution in [1.82, 2.24) is 20.3 Å². The molecule has 0 radical (unpaired) electrons. The fraction of sp³-hybridized carbons (Fsp3) is 0.167. The molecule has 0 saturated carbocycles. The second kappa shape index (κ2) is 7.96. The average molecular weight is 431 g/mol. The predicted octanol–water partition coefficient (Wildman–Crippen LogP) is 5.07. The van der Waals surface area contributed by atoms with Crippen molar-refractivity contribution in [3.8, 4) is 11.1 Å². The quantitative estimate of drug-likeness (QED) is 0.364. The summed E-state index contributed by atoms with van der Waals surface area (Å²) in [5.74, 6) is 0. The SMILES string of the molecule is C/C(N)=C1/NCCC(Nc2ccc(Cl)cc2)c2cc(-c3cnc4nc[nH]c4c3)ccc21. The number of allylic oxidation sites excluding steroid dienone is 1. The van der Waals surface area contributed by atoms with Crippen LogP contribution in [0.5, 0.6) is 0 Å². The molecular formula is C24H23ClN6. The first-order chi connectivity index (χ1) is 15.1. The molecule has 0 saturated heterocycles. The van der Waals surface area contributed by atoms with E-state index in [2.05, 4.69) is 49.9 Å². The number of halogens is 1. The maximum Gasteiger partial charge on any atom is 0.177 e. The van der Waals surface area contributed by atoms with E-state index in [0.717, 1.165) is 57.3 Å². The van der Waals surface area contributed by atoms with E-state index >= 15 is 0 Å². The molecule has 2 aromatic carbocycles. The summed E-state index contributed by atoms with van der Waals surface area (Å²) in [7, 11) is 0. The van der Waals surface area contributed by atoms with Crippen molar-refractivity contribution < 1.29 is 0 Å². The number of hydrogen-bond acceptors (Lipinski definition) is 5. The maximum absolute atomic E-state index is 6.23. The van der Waals surface area contributed by atoms with E-state index in [1.54, 1.807) is 6.33 Å². The van der Waals surface area contributed by atoms with Crippen LogP contribution in [0.25, 0.3) is 28.0 Å². The average Bonchev–Trinajstić information content (AvgIpc) is 3.17. The Hall–Kier alpha value is -3.51. The fourth-order valence-corrected chi connectivity index (χ4v) is 4.21. The minimum absolute atomic E-state index is 0.115. The molecular weight excluding hydrogens is 408 g/mol. The summed E-state index contributed by atoms with van der Waals surface area (Å²) in [4.78, 5) is 11.8. The van der Waals surface area contributed by atoms with Crippen LogP contribution in [0.15, 0.2) is 66.8 Å². The van der Waals surface area contributed by atoms with Crippen LogP contribution in [0.1, 0.15) is 30.5 Å². The van der Waals surface area contributed by atoms with E-state index in [4.69, 9.17) is 17.3 Å². The second-order valence-corrected chi connectivity index (χ2v) is 8.21. The van der Waals surface area contributed by atoms with E-state index in [0.29, 0.717) is 5.65 Å². The van der Waals surface area contributed by atoms with Gasteiger partial charge in [0.2, 0.25) is 0 Å². The first-order valence-electron chi connectivity index (χ1n) is 10.2. The van der Waals surface area contributed by atoms with Gasteiger partial charge in [-0.1, -0.05) is 23.7 Å². The smallest absolute Gasteiger partial charge is 0.177 e. The summed E-state index contributed by atoms with van der Waals surface area (Å²) >= 11 is 6.07. The number of aromatic nitrogens is 3. The molecule has 1 unspecified atom stereocenters. The van der Waals surface area contributed by atoms with Crippen LogP contribution in [-0.2, 0) is 0 Å². The van der Waals surface area contributed by atoms with Crippen LogP contribution in [0.3, 0.4) is 0 Å². The van der Waals surface area contributed by atoms with Gasteiger partial charge in [-0.2, -0.15) is 0 Å². The lowest BCUT2D eigenvalue weighted by Gasteiger charge is -2.21. The van der Waals surface area contributed by atoms with Gasteiger partial charge in [0.05, 0.1) is 23.6 Å². The Morgan fingerprint density at radius 1 is 1.10 bits per heavy atom. The molecule has 0 aliphatic carbocycles. The number of nitrogens with zero attached hydrogens (tertiary/aromatic N) is 2. The molecule has 1 aliphatic rings. The Balaban J connectivity index is 1.60. The molecule has 0 fully saturated rings. The van der Waals surface area contributed by atoms with Crippen LogP contribution in [0, 0.1) is 0 Å². The Labute approximate surface area is 185 Å². The molecule has 3 heterocycles. The van der Waals surface area contributed by atoms with Crippen molar-refractivity contribution in [3.63, 3.8) is 0 Å². The number of nitrogens with two attached hydrogens (primary N) is 1. The molecule has 1 atom stereocenters. The molecule has 0 amide bonds. The van der Waals surface area contributed by atoms with Crippen molar-refractivity contribution in [3.05, 3.63) is 82.9 Å². The van der Waals surface area contributed by atoms with Crippen molar-refractivity contribution in [1.29, 1.82) is 0 Å². The summed E-state index contributed by atoms with van der Waals surface area (Å²) in [5.41, 5.74) is 15.1. The molecule has 4 aromatic rings. The first-order valence-corrected chi connectivity index (χ1v) is 10.6. The second-order valence-electron chi connectivity index (χ2n) is 7.78. The van der Waals surface area contributed by atoms with Gasteiger partial charge >= 0.3 is 0 Å². The van der Waals surface area contributed by atoms with Gasteiger partial charge in [0, 0.05) is 40.3 Å². The number of hydrogen-bond donors (Lipinski definition) is 4. The standard InChI is InChI=1S/C24H23ClN6/c1-14(26)23-19-7-2-15(16-11-22-24(28-12-16)30-13-29-22)10-20(19)21(8-9-27-23)31-18-5-3-17(25)4-6-18/h2-7,10-13,21,27,31H,8-9,26H2,1H3,(H,28,29,30)/b23-14-. The summed E-state index contributed by atoms with van der Waals surface area (Å²) in [5, 5.41) is 7.91. The highest BCUT2D eigenvalue weighted by Crippen LogP contribution is 2.35. The molecule has 1 aliphatic heterocycles. The van der Waals surface area contributed by atoms with Crippen LogP contribution >= 0.6 is 11.6 Å². The predicted molar refractivity (Wildman–Crippen MR) is 127 cm³/mol. The summed E-state index contributed by atoms with van der Waals surface area (Å²) in [6.07, 6.45) is 4.44. The first kappa shape index (κ1) is 19.5. The molecule has 31 heavy (non-hydrogen) atoms. The zero-order valence-electron chi connectivity index (χ0n) is 17.1. The van der Waals surface area contributed by atoms with Crippen LogP contribution < -0.4 is 16.4 Å². The molecule has 0 spiro atoms. The number of anilines is 1. The molecule has 5 N–H and O–H groups in total. The molecule has 7 heteroatoms. The van der Waals surface area contributed by atoms with Gasteiger partial charge < -0.3 is 21.4 Å². The van der Waals surface area contributed by atoms with Gasteiger partial charge in [-0.15, -0.1) is 0 Å². The van der Waals surface area contributed by atoms with Gasteiger partial charge in [-0.25, -0.2) is 9.97 Å². The Bertz CT molecular complexity index is 1270. The fourth-order valence-electron chi connectivity index (χ4n) is 4.09. The van der Waals surface area contributed by atoms with Crippen molar-refractivity contribution in [2.45, 2.75) is 19.4 Å². The Morgan fingerprint density at radius 3 is 2.74 bits per heavy atom. The van der Waals surface area contributed by atoms with E-state index in [-0.39, 0.29) is 6.04 Å². The lowest BCUT2D eigenvalue weighted by atomic mass is 9.93. The van der Waals surface area contributed by atoms with Crippen LogP contribution in [0.4, 0.5) is 5.69 Å². The molecule has 2 aromatic heterocycles. The zero-order chi connectivity index (χ0) is 21.4. The number of benzene rings is 2. The van der Waals surface area contributed by atoms with Crippen molar-refractivity contribution in [2.24, 2.45) is 5.73 Å². The summed E-state index contributed by atoms with van der Waals surface area (Å²) in [6, 6.07) is 16.5. The lowest BCUT2D eigenvalue weighted by Crippen LogP contribution is -2.16. The van der Waals surface area contributed by atoms with Gasteiger partial charge in [0.1, 0.15) is 0 Å². The number of pyridine rings is 1. The zero-order valence-corrected chi connectivity index (χ0v) is 17.9. The van der Waals surface area contributed by atoms with Crippen molar-refractivity contribution >= 4 is 34.1 Å². The normalized spacial score (nSPS) is 17.5. The molecule has 6 nitrogen and oxygen atoms in total. The van der Waals surface area contributed by atoms with Gasteiger partial charge in [0.15, 0.2) is 5.65 Å². The highest BCUT2D eigenvalue weighted by Gasteiger charge is 2.23. The summed E-state index contributed by atoms with van der Waals surface area (Å²) in [6.45, 7) is 2.75. The number of imidazole rings is 1. The Morgan fingerprint density at radius 2 is 1.94 bits per heavy atom. The van der Waals surface area contributed by atoms with Crippen LogP contribution in [-0.4, -0.2) is 21.5 Å².